The predicted molar refractivity (Wildman–Crippen MR) is 139 cm³/mol. The maximum atomic E-state index is 13.0. The fourth-order valence-corrected chi connectivity index (χ4v) is 3.79. The van der Waals surface area contributed by atoms with E-state index in [2.05, 4.69) is 15.4 Å². The van der Waals surface area contributed by atoms with Gasteiger partial charge in [0, 0.05) is 35.4 Å². The molecule has 0 saturated heterocycles. The number of nitrogens with zero attached hydrogens (tertiary/aromatic N) is 3. The molecule has 4 rings (SSSR count). The van der Waals surface area contributed by atoms with Crippen molar-refractivity contribution < 1.29 is 27.5 Å². The molecule has 0 atom stereocenters. The smallest absolute Gasteiger partial charge is 0.416 e. The van der Waals surface area contributed by atoms with Crippen LogP contribution in [0.25, 0.3) is 16.8 Å². The summed E-state index contributed by atoms with van der Waals surface area (Å²) in [5, 5.41) is 7.17. The van der Waals surface area contributed by atoms with Crippen LogP contribution in [0.2, 0.25) is 0 Å². The van der Waals surface area contributed by atoms with Crippen molar-refractivity contribution in [3.8, 4) is 22.6 Å². The van der Waals surface area contributed by atoms with Gasteiger partial charge in [-0.3, -0.25) is 14.6 Å². The van der Waals surface area contributed by atoms with Crippen LogP contribution in [0, 0.1) is 6.92 Å². The van der Waals surface area contributed by atoms with Gasteiger partial charge in [0.2, 0.25) is 5.91 Å². The van der Waals surface area contributed by atoms with Crippen LogP contribution >= 0.6 is 0 Å². The van der Waals surface area contributed by atoms with Gasteiger partial charge in [-0.2, -0.15) is 18.3 Å². The highest BCUT2D eigenvalue weighted by Gasteiger charge is 2.30. The van der Waals surface area contributed by atoms with E-state index in [1.807, 2.05) is 6.92 Å². The third-order valence-corrected chi connectivity index (χ3v) is 5.99. The quantitative estimate of drug-likeness (QED) is 0.325. The summed E-state index contributed by atoms with van der Waals surface area (Å²) >= 11 is 0. The van der Waals surface area contributed by atoms with Crippen LogP contribution in [0.3, 0.4) is 0 Å². The molecule has 202 valence electrons. The van der Waals surface area contributed by atoms with Gasteiger partial charge in [0.05, 0.1) is 23.9 Å². The van der Waals surface area contributed by atoms with Crippen LogP contribution in [-0.4, -0.2) is 32.2 Å². The SMILES string of the molecule is Cc1ccc(NC(=O)Cc2cccc(C(F)(F)F)c2)cc1-n1cc(-c2cnccc2OC(C)(C)C(N)=O)cn1. The zero-order valence-corrected chi connectivity index (χ0v) is 21.4. The molecule has 0 radical (unpaired) electrons. The first-order valence-corrected chi connectivity index (χ1v) is 11.9. The van der Waals surface area contributed by atoms with Gasteiger partial charge >= 0.3 is 6.18 Å². The number of aryl methyl sites for hydroxylation is 1. The number of rotatable bonds is 8. The van der Waals surface area contributed by atoms with E-state index in [1.165, 1.54) is 18.3 Å². The van der Waals surface area contributed by atoms with Crippen LogP contribution in [0.1, 0.15) is 30.5 Å². The number of alkyl halides is 3. The lowest BCUT2D eigenvalue weighted by Crippen LogP contribution is -2.43. The van der Waals surface area contributed by atoms with Gasteiger partial charge in [-0.25, -0.2) is 4.68 Å². The van der Waals surface area contributed by atoms with E-state index < -0.39 is 29.2 Å². The maximum absolute atomic E-state index is 13.0. The number of amides is 2. The first-order valence-electron chi connectivity index (χ1n) is 11.9. The Morgan fingerprint density at radius 2 is 1.85 bits per heavy atom. The summed E-state index contributed by atoms with van der Waals surface area (Å²) in [6.07, 6.45) is 1.78. The van der Waals surface area contributed by atoms with E-state index in [9.17, 15) is 22.8 Å². The molecule has 0 saturated carbocycles. The highest BCUT2D eigenvalue weighted by molar-refractivity contribution is 5.92. The summed E-state index contributed by atoms with van der Waals surface area (Å²) in [6.45, 7) is 5.01. The molecule has 4 aromatic rings. The Balaban J connectivity index is 1.55. The molecule has 0 aliphatic heterocycles. The Labute approximate surface area is 222 Å². The standard InChI is InChI=1S/C28H26F3N5O3/c1-17-7-8-21(35-25(37)12-18-5-4-6-20(11-18)28(29,30)31)13-23(17)36-16-19(14-34-36)22-15-33-10-9-24(22)39-27(2,3)26(32)38/h4-11,13-16H,12H2,1-3H3,(H2,32,38)(H,35,37). The number of nitrogens with one attached hydrogen (secondary N) is 1. The lowest BCUT2D eigenvalue weighted by molar-refractivity contribution is -0.137. The lowest BCUT2D eigenvalue weighted by atomic mass is 10.1. The molecule has 0 fully saturated rings. The molecule has 0 spiro atoms. The average Bonchev–Trinajstić information content (AvgIpc) is 3.35. The summed E-state index contributed by atoms with van der Waals surface area (Å²) < 4.78 is 46.5. The van der Waals surface area contributed by atoms with Crippen molar-refractivity contribution in [2.75, 3.05) is 5.32 Å². The number of halogens is 3. The van der Waals surface area contributed by atoms with Gasteiger partial charge in [-0.05, 0) is 56.2 Å². The number of benzene rings is 2. The molecule has 2 amide bonds. The van der Waals surface area contributed by atoms with Gasteiger partial charge in [0.1, 0.15) is 5.75 Å². The second kappa shape index (κ2) is 10.6. The number of primary amides is 1. The third kappa shape index (κ3) is 6.43. The fourth-order valence-electron chi connectivity index (χ4n) is 3.79. The largest absolute Gasteiger partial charge is 0.477 e. The molecule has 0 unspecified atom stereocenters. The first kappa shape index (κ1) is 27.4. The topological polar surface area (TPSA) is 112 Å². The minimum absolute atomic E-state index is 0.218. The van der Waals surface area contributed by atoms with Crippen molar-refractivity contribution in [3.05, 3.63) is 90.0 Å². The third-order valence-electron chi connectivity index (χ3n) is 5.99. The zero-order chi connectivity index (χ0) is 28.4. The molecule has 2 aromatic heterocycles. The second-order valence-corrected chi connectivity index (χ2v) is 9.45. The molecular weight excluding hydrogens is 511 g/mol. The Morgan fingerprint density at radius 1 is 1.08 bits per heavy atom. The van der Waals surface area contributed by atoms with Crippen molar-refractivity contribution in [3.63, 3.8) is 0 Å². The number of pyridine rings is 1. The monoisotopic (exact) mass is 537 g/mol. The summed E-state index contributed by atoms with van der Waals surface area (Å²) in [4.78, 5) is 28.5. The molecule has 0 aliphatic rings. The van der Waals surface area contributed by atoms with Crippen LogP contribution in [0.5, 0.6) is 5.75 Å². The fraction of sp³-hybridized carbons (Fsp3) is 0.214. The van der Waals surface area contributed by atoms with Crippen LogP contribution < -0.4 is 15.8 Å². The van der Waals surface area contributed by atoms with Crippen molar-refractivity contribution in [2.24, 2.45) is 5.73 Å². The molecule has 3 N–H and O–H groups in total. The van der Waals surface area contributed by atoms with Gasteiger partial charge in [0.25, 0.3) is 5.91 Å². The van der Waals surface area contributed by atoms with Crippen molar-refractivity contribution in [2.45, 2.75) is 39.0 Å². The van der Waals surface area contributed by atoms with E-state index in [4.69, 9.17) is 10.5 Å². The summed E-state index contributed by atoms with van der Waals surface area (Å²) in [5.41, 5.74) is 6.89. The number of hydrogen-bond donors (Lipinski definition) is 2. The molecule has 8 nitrogen and oxygen atoms in total. The van der Waals surface area contributed by atoms with Gasteiger partial charge in [0.15, 0.2) is 5.60 Å². The van der Waals surface area contributed by atoms with E-state index >= 15 is 0 Å². The number of carbonyl (C=O) groups excluding carboxylic acids is 2. The van der Waals surface area contributed by atoms with Crippen molar-refractivity contribution in [1.29, 1.82) is 0 Å². The Morgan fingerprint density at radius 3 is 2.56 bits per heavy atom. The molecule has 0 bridgehead atoms. The van der Waals surface area contributed by atoms with E-state index in [1.54, 1.807) is 61.4 Å². The average molecular weight is 538 g/mol. The van der Waals surface area contributed by atoms with E-state index in [-0.39, 0.29) is 12.0 Å². The Bertz CT molecular complexity index is 1530. The lowest BCUT2D eigenvalue weighted by Gasteiger charge is -2.23. The summed E-state index contributed by atoms with van der Waals surface area (Å²) in [7, 11) is 0. The minimum atomic E-state index is -4.48. The van der Waals surface area contributed by atoms with Crippen molar-refractivity contribution in [1.82, 2.24) is 14.8 Å². The highest BCUT2D eigenvalue weighted by Crippen LogP contribution is 2.32. The maximum Gasteiger partial charge on any atom is 0.416 e. The van der Waals surface area contributed by atoms with Gasteiger partial charge in [-0.1, -0.05) is 24.3 Å². The van der Waals surface area contributed by atoms with Crippen molar-refractivity contribution >= 4 is 17.5 Å². The summed E-state index contributed by atoms with van der Waals surface area (Å²) in [5.74, 6) is -0.677. The number of hydrogen-bond acceptors (Lipinski definition) is 5. The number of nitrogens with two attached hydrogens (primary N) is 1. The second-order valence-electron chi connectivity index (χ2n) is 9.45. The molecule has 11 heteroatoms. The first-order chi connectivity index (χ1) is 18.3. The Kier molecular flexibility index (Phi) is 7.44. The van der Waals surface area contributed by atoms with Gasteiger partial charge in [-0.15, -0.1) is 0 Å². The molecular formula is C28H26F3N5O3. The molecule has 2 aromatic carbocycles. The zero-order valence-electron chi connectivity index (χ0n) is 21.4. The molecule has 39 heavy (non-hydrogen) atoms. The molecule has 0 aliphatic carbocycles. The van der Waals surface area contributed by atoms with E-state index in [0.717, 1.165) is 17.7 Å². The highest BCUT2D eigenvalue weighted by atomic mass is 19.4. The Hall–Kier alpha value is -4.67. The van der Waals surface area contributed by atoms with E-state index in [0.29, 0.717) is 28.3 Å². The van der Waals surface area contributed by atoms with Crippen LogP contribution in [-0.2, 0) is 22.2 Å². The normalized spacial score (nSPS) is 11.7. The van der Waals surface area contributed by atoms with Crippen LogP contribution in [0.15, 0.2) is 73.3 Å². The number of aromatic nitrogens is 3. The number of anilines is 1. The number of ether oxygens (including phenoxy) is 1. The number of carbonyl (C=O) groups is 2. The van der Waals surface area contributed by atoms with Crippen LogP contribution in [0.4, 0.5) is 18.9 Å². The molecule has 2 heterocycles. The summed E-state index contributed by atoms with van der Waals surface area (Å²) in [6, 6.07) is 11.5. The minimum Gasteiger partial charge on any atom is -0.477 e. The van der Waals surface area contributed by atoms with Gasteiger partial charge < -0.3 is 15.8 Å². The predicted octanol–water partition coefficient (Wildman–Crippen LogP) is 5.09.